The second-order valence-corrected chi connectivity index (χ2v) is 7.57. The van der Waals surface area contributed by atoms with E-state index in [1.807, 2.05) is 6.92 Å². The summed E-state index contributed by atoms with van der Waals surface area (Å²) < 4.78 is 5.20. The molecule has 0 bridgehead atoms. The summed E-state index contributed by atoms with van der Waals surface area (Å²) in [6.07, 6.45) is 0.362. The van der Waals surface area contributed by atoms with Crippen molar-refractivity contribution in [2.75, 3.05) is 11.9 Å². The van der Waals surface area contributed by atoms with Gasteiger partial charge < -0.3 is 15.2 Å². The first kappa shape index (κ1) is 20.2. The second kappa shape index (κ2) is 7.45. The molecule has 1 aliphatic carbocycles. The Hall–Kier alpha value is -2.57. The Morgan fingerprint density at radius 3 is 2.43 bits per heavy atom. The third-order valence-corrected chi connectivity index (χ3v) is 5.57. The van der Waals surface area contributed by atoms with Crippen LogP contribution in [0.1, 0.15) is 35.3 Å². The van der Waals surface area contributed by atoms with Crippen molar-refractivity contribution in [3.63, 3.8) is 0 Å². The van der Waals surface area contributed by atoms with Crippen molar-refractivity contribution in [1.29, 1.82) is 0 Å². The number of carbonyl (C=O) groups excluding carboxylic acids is 2. The molecule has 0 heterocycles. The Labute approximate surface area is 171 Å². The van der Waals surface area contributed by atoms with Gasteiger partial charge in [0.05, 0.1) is 10.4 Å². The Balaban J connectivity index is 1.97. The van der Waals surface area contributed by atoms with Gasteiger partial charge in [-0.2, -0.15) is 0 Å². The highest BCUT2D eigenvalue weighted by Gasteiger charge is 2.45. The summed E-state index contributed by atoms with van der Waals surface area (Å²) in [4.78, 5) is 35.1. The highest BCUT2D eigenvalue weighted by molar-refractivity contribution is 6.45. The highest BCUT2D eigenvalue weighted by atomic mass is 35.5. The lowest BCUT2D eigenvalue weighted by molar-refractivity contribution is -0.139. The number of fused-ring (bicyclic) bond motifs is 1. The van der Waals surface area contributed by atoms with E-state index in [0.29, 0.717) is 23.2 Å². The third-order valence-electron chi connectivity index (χ3n) is 4.72. The molecule has 1 atom stereocenters. The number of amides is 1. The van der Waals surface area contributed by atoms with Gasteiger partial charge in [-0.05, 0) is 42.7 Å². The average Bonchev–Trinajstić information content (AvgIpc) is 2.88. The van der Waals surface area contributed by atoms with Gasteiger partial charge in [0.15, 0.2) is 12.4 Å². The van der Waals surface area contributed by atoms with Crippen molar-refractivity contribution in [3.8, 4) is 5.75 Å². The molecular formula is C20H17Cl2NO5. The molecule has 0 aromatic heterocycles. The van der Waals surface area contributed by atoms with Gasteiger partial charge in [-0.15, -0.1) is 0 Å². The highest BCUT2D eigenvalue weighted by Crippen LogP contribution is 2.47. The first-order valence-electron chi connectivity index (χ1n) is 8.42. The largest absolute Gasteiger partial charge is 0.480 e. The van der Waals surface area contributed by atoms with Gasteiger partial charge >= 0.3 is 5.97 Å². The monoisotopic (exact) mass is 421 g/mol. The van der Waals surface area contributed by atoms with Crippen molar-refractivity contribution in [2.24, 2.45) is 0 Å². The molecule has 0 radical (unpaired) electrons. The van der Waals surface area contributed by atoms with Crippen LogP contribution in [0.5, 0.6) is 5.75 Å². The maximum atomic E-state index is 13.2. The fourth-order valence-electron chi connectivity index (χ4n) is 3.38. The average molecular weight is 422 g/mol. The third kappa shape index (κ3) is 3.57. The Morgan fingerprint density at radius 1 is 1.21 bits per heavy atom. The van der Waals surface area contributed by atoms with E-state index in [0.717, 1.165) is 5.56 Å². The van der Waals surface area contributed by atoms with Crippen LogP contribution in [0.2, 0.25) is 10.0 Å². The number of carboxylic acid groups (broad SMARTS) is 1. The van der Waals surface area contributed by atoms with E-state index in [9.17, 15) is 14.4 Å². The summed E-state index contributed by atoms with van der Waals surface area (Å²) in [5, 5.41) is 11.6. The number of carbonyl (C=O) groups is 3. The number of anilines is 1. The Bertz CT molecular complexity index is 987. The number of halogens is 2. The molecule has 2 N–H and O–H groups in total. The number of nitrogens with one attached hydrogen (secondary N) is 1. The zero-order valence-electron chi connectivity index (χ0n) is 15.1. The van der Waals surface area contributed by atoms with Crippen molar-refractivity contribution in [3.05, 3.63) is 57.1 Å². The second-order valence-electron chi connectivity index (χ2n) is 6.82. The number of rotatable bonds is 5. The molecule has 8 heteroatoms. The normalized spacial score (nSPS) is 17.9. The molecule has 0 aliphatic heterocycles. The molecule has 0 fully saturated rings. The predicted octanol–water partition coefficient (Wildman–Crippen LogP) is 4.11. The summed E-state index contributed by atoms with van der Waals surface area (Å²) in [5.41, 5.74) is 1.50. The quantitative estimate of drug-likeness (QED) is 0.757. The number of Topliss-reactive ketones (excluding diaryl/α,β-unsaturated/α-hetero) is 1. The van der Waals surface area contributed by atoms with Crippen LogP contribution < -0.4 is 10.1 Å². The first-order valence-corrected chi connectivity index (χ1v) is 9.17. The lowest BCUT2D eigenvalue weighted by atomic mass is 9.79. The summed E-state index contributed by atoms with van der Waals surface area (Å²) in [6.45, 7) is 2.66. The van der Waals surface area contributed by atoms with E-state index in [-0.39, 0.29) is 27.5 Å². The van der Waals surface area contributed by atoms with Crippen LogP contribution >= 0.6 is 23.2 Å². The minimum atomic E-state index is -1.15. The van der Waals surface area contributed by atoms with Gasteiger partial charge in [0, 0.05) is 18.2 Å². The van der Waals surface area contributed by atoms with E-state index in [1.165, 1.54) is 6.92 Å². The van der Waals surface area contributed by atoms with Crippen LogP contribution in [0.25, 0.3) is 0 Å². The molecule has 0 saturated carbocycles. The van der Waals surface area contributed by atoms with Crippen LogP contribution in [0.3, 0.4) is 0 Å². The molecule has 1 aliphatic rings. The standard InChI is InChI=1S/C20H17Cl2NO5/c1-10(24)23-13-5-3-12(4-6-13)20(2)8-11-7-14(28-9-15(25)26)17(21)18(22)16(11)19(20)27/h3-7H,8-9H2,1-2H3,(H,23,24)(H,25,26). The van der Waals surface area contributed by atoms with E-state index < -0.39 is 18.0 Å². The van der Waals surface area contributed by atoms with E-state index in [2.05, 4.69) is 5.32 Å². The van der Waals surface area contributed by atoms with Crippen LogP contribution in [0.4, 0.5) is 5.69 Å². The predicted molar refractivity (Wildman–Crippen MR) is 106 cm³/mol. The molecule has 0 spiro atoms. The van der Waals surface area contributed by atoms with Crippen LogP contribution in [-0.4, -0.2) is 29.4 Å². The molecule has 1 unspecified atom stereocenters. The molecule has 2 aromatic carbocycles. The number of hydrogen-bond donors (Lipinski definition) is 2. The summed E-state index contributed by atoms with van der Waals surface area (Å²) in [5.74, 6) is -1.37. The molecule has 146 valence electrons. The van der Waals surface area contributed by atoms with Gasteiger partial charge in [0.1, 0.15) is 10.8 Å². The summed E-state index contributed by atoms with van der Waals surface area (Å²) in [7, 11) is 0. The molecule has 28 heavy (non-hydrogen) atoms. The smallest absolute Gasteiger partial charge is 0.341 e. The minimum Gasteiger partial charge on any atom is -0.480 e. The van der Waals surface area contributed by atoms with Gasteiger partial charge in [-0.25, -0.2) is 4.79 Å². The van der Waals surface area contributed by atoms with Gasteiger partial charge in [-0.3, -0.25) is 9.59 Å². The number of benzene rings is 2. The van der Waals surface area contributed by atoms with Gasteiger partial charge in [0.25, 0.3) is 0 Å². The topological polar surface area (TPSA) is 92.7 Å². The molecule has 2 aromatic rings. The van der Waals surface area contributed by atoms with Crippen LogP contribution in [-0.2, 0) is 21.4 Å². The zero-order valence-corrected chi connectivity index (χ0v) is 16.6. The number of aliphatic carboxylic acids is 1. The maximum Gasteiger partial charge on any atom is 0.341 e. The van der Waals surface area contributed by atoms with Gasteiger partial charge in [0.2, 0.25) is 5.91 Å². The van der Waals surface area contributed by atoms with E-state index in [1.54, 1.807) is 30.3 Å². The lowest BCUT2D eigenvalue weighted by Crippen LogP contribution is -2.29. The Kier molecular flexibility index (Phi) is 5.37. The van der Waals surface area contributed by atoms with E-state index in [4.69, 9.17) is 33.0 Å². The number of carboxylic acids is 1. The molecular weight excluding hydrogens is 405 g/mol. The van der Waals surface area contributed by atoms with Gasteiger partial charge in [-0.1, -0.05) is 35.3 Å². The summed E-state index contributed by atoms with van der Waals surface area (Å²) in [6, 6.07) is 8.60. The fourth-order valence-corrected chi connectivity index (χ4v) is 3.88. The minimum absolute atomic E-state index is 0.0141. The van der Waals surface area contributed by atoms with Crippen LogP contribution in [0, 0.1) is 0 Å². The van der Waals surface area contributed by atoms with Crippen LogP contribution in [0.15, 0.2) is 30.3 Å². The number of ether oxygens (including phenoxy) is 1. The summed E-state index contributed by atoms with van der Waals surface area (Å²) >= 11 is 12.5. The van der Waals surface area contributed by atoms with Crippen molar-refractivity contribution < 1.29 is 24.2 Å². The number of hydrogen-bond acceptors (Lipinski definition) is 4. The number of ketones is 1. The molecule has 1 amide bonds. The first-order chi connectivity index (χ1) is 13.1. The fraction of sp³-hybridized carbons (Fsp3) is 0.250. The zero-order chi connectivity index (χ0) is 20.6. The molecule has 0 saturated heterocycles. The molecule has 3 rings (SSSR count). The maximum absolute atomic E-state index is 13.2. The van der Waals surface area contributed by atoms with E-state index >= 15 is 0 Å². The van der Waals surface area contributed by atoms with Crippen molar-refractivity contribution in [1.82, 2.24) is 0 Å². The SMILES string of the molecule is CC(=O)Nc1ccc(C2(C)Cc3cc(OCC(=O)O)c(Cl)c(Cl)c3C2=O)cc1. The van der Waals surface area contributed by atoms with Crippen molar-refractivity contribution in [2.45, 2.75) is 25.7 Å². The van der Waals surface area contributed by atoms with Crippen molar-refractivity contribution >= 4 is 46.5 Å². The Morgan fingerprint density at radius 2 is 1.86 bits per heavy atom. The lowest BCUT2D eigenvalue weighted by Gasteiger charge is -2.23. The molecule has 6 nitrogen and oxygen atoms in total.